The third-order valence-corrected chi connectivity index (χ3v) is 2.62. The monoisotopic (exact) mass is 255 g/mol. The Balaban J connectivity index is 2.19. The van der Waals surface area contributed by atoms with Gasteiger partial charge in [0, 0.05) is 18.7 Å². The van der Waals surface area contributed by atoms with Crippen LogP contribution >= 0.6 is 0 Å². The molecule has 0 aliphatic heterocycles. The van der Waals surface area contributed by atoms with Crippen LogP contribution in [0.3, 0.4) is 0 Å². The summed E-state index contributed by atoms with van der Waals surface area (Å²) in [6, 6.07) is 4.99. The van der Waals surface area contributed by atoms with Crippen molar-refractivity contribution in [2.45, 2.75) is 32.9 Å². The molecule has 0 atom stereocenters. The lowest BCUT2D eigenvalue weighted by atomic mass is 10.1. The molecule has 0 radical (unpaired) electrons. The minimum Gasteiger partial charge on any atom is -0.379 e. The summed E-state index contributed by atoms with van der Waals surface area (Å²) in [5.41, 5.74) is 6.78. The molecule has 18 heavy (non-hydrogen) atoms. The van der Waals surface area contributed by atoms with Crippen molar-refractivity contribution < 1.29 is 13.9 Å². The fourth-order valence-corrected chi connectivity index (χ4v) is 1.48. The summed E-state index contributed by atoms with van der Waals surface area (Å²) in [5.74, 6) is -0.259. The smallest absolute Gasteiger partial charge is 0.129 e. The number of benzene rings is 1. The number of nitrogens with two attached hydrogens (primary N) is 1. The van der Waals surface area contributed by atoms with E-state index in [1.54, 1.807) is 6.07 Å². The number of hydrogen-bond donors (Lipinski definition) is 1. The molecule has 0 aliphatic carbocycles. The van der Waals surface area contributed by atoms with Gasteiger partial charge in [-0.05, 0) is 18.1 Å². The molecule has 0 fully saturated rings. The first-order chi connectivity index (χ1) is 8.77. The van der Waals surface area contributed by atoms with Crippen molar-refractivity contribution in [3.05, 3.63) is 35.1 Å². The standard InChI is InChI=1S/C14H22FNO2/c1-2-3-6-17-7-8-18-11-13-5-4-12(10-16)9-14(13)15/h4-5,9H,2-3,6-8,10-11,16H2,1H3. The zero-order valence-electron chi connectivity index (χ0n) is 11.0. The van der Waals surface area contributed by atoms with Crippen molar-refractivity contribution >= 4 is 0 Å². The van der Waals surface area contributed by atoms with Gasteiger partial charge in [-0.15, -0.1) is 0 Å². The Morgan fingerprint density at radius 2 is 1.94 bits per heavy atom. The number of rotatable bonds is 9. The van der Waals surface area contributed by atoms with E-state index in [0.717, 1.165) is 25.0 Å². The molecule has 0 heterocycles. The molecule has 3 nitrogen and oxygen atoms in total. The summed E-state index contributed by atoms with van der Waals surface area (Å²) >= 11 is 0. The third-order valence-electron chi connectivity index (χ3n) is 2.62. The van der Waals surface area contributed by atoms with Crippen LogP contribution in [0.4, 0.5) is 4.39 Å². The predicted molar refractivity (Wildman–Crippen MR) is 69.7 cm³/mol. The summed E-state index contributed by atoms with van der Waals surface area (Å²) in [7, 11) is 0. The molecule has 4 heteroatoms. The Kier molecular flexibility index (Phi) is 7.57. The van der Waals surface area contributed by atoms with E-state index in [-0.39, 0.29) is 12.4 Å². The Hall–Kier alpha value is -0.970. The molecular weight excluding hydrogens is 233 g/mol. The zero-order valence-corrected chi connectivity index (χ0v) is 11.0. The molecular formula is C14H22FNO2. The summed E-state index contributed by atoms with van der Waals surface area (Å²) in [6.07, 6.45) is 2.19. The molecule has 1 aromatic carbocycles. The van der Waals surface area contributed by atoms with Crippen molar-refractivity contribution in [1.29, 1.82) is 0 Å². The van der Waals surface area contributed by atoms with E-state index in [1.807, 2.05) is 6.07 Å². The highest BCUT2D eigenvalue weighted by Gasteiger charge is 2.03. The molecule has 0 bridgehead atoms. The van der Waals surface area contributed by atoms with Crippen molar-refractivity contribution in [1.82, 2.24) is 0 Å². The number of unbranched alkanes of at least 4 members (excludes halogenated alkanes) is 1. The van der Waals surface area contributed by atoms with Gasteiger partial charge in [0.05, 0.1) is 19.8 Å². The second-order valence-electron chi connectivity index (χ2n) is 4.15. The first-order valence-corrected chi connectivity index (χ1v) is 6.40. The predicted octanol–water partition coefficient (Wildman–Crippen LogP) is 2.62. The summed E-state index contributed by atoms with van der Waals surface area (Å²) in [4.78, 5) is 0. The highest BCUT2D eigenvalue weighted by atomic mass is 19.1. The molecule has 0 unspecified atom stereocenters. The Morgan fingerprint density at radius 1 is 1.17 bits per heavy atom. The summed E-state index contributed by atoms with van der Waals surface area (Å²) < 4.78 is 24.2. The van der Waals surface area contributed by atoms with Crippen LogP contribution in [0.1, 0.15) is 30.9 Å². The number of hydrogen-bond acceptors (Lipinski definition) is 3. The Morgan fingerprint density at radius 3 is 2.61 bits per heavy atom. The fourth-order valence-electron chi connectivity index (χ4n) is 1.48. The van der Waals surface area contributed by atoms with Gasteiger partial charge in [-0.25, -0.2) is 4.39 Å². The van der Waals surface area contributed by atoms with Gasteiger partial charge in [0.25, 0.3) is 0 Å². The second kappa shape index (κ2) is 9.03. The molecule has 1 rings (SSSR count). The van der Waals surface area contributed by atoms with E-state index in [9.17, 15) is 4.39 Å². The molecule has 0 spiro atoms. The van der Waals surface area contributed by atoms with Crippen LogP contribution in [0.2, 0.25) is 0 Å². The Labute approximate surface area is 108 Å². The van der Waals surface area contributed by atoms with Gasteiger partial charge in [-0.1, -0.05) is 25.5 Å². The average Bonchev–Trinajstić information content (AvgIpc) is 2.39. The molecule has 0 aromatic heterocycles. The van der Waals surface area contributed by atoms with Crippen molar-refractivity contribution in [3.8, 4) is 0 Å². The molecule has 102 valence electrons. The van der Waals surface area contributed by atoms with Crippen molar-refractivity contribution in [2.75, 3.05) is 19.8 Å². The minimum atomic E-state index is -0.259. The number of ether oxygens (including phenoxy) is 2. The van der Waals surface area contributed by atoms with Crippen molar-refractivity contribution in [3.63, 3.8) is 0 Å². The lowest BCUT2D eigenvalue weighted by molar-refractivity contribution is 0.0388. The van der Waals surface area contributed by atoms with Crippen LogP contribution in [-0.4, -0.2) is 19.8 Å². The average molecular weight is 255 g/mol. The van der Waals surface area contributed by atoms with Gasteiger partial charge < -0.3 is 15.2 Å². The summed E-state index contributed by atoms with van der Waals surface area (Å²) in [5, 5.41) is 0. The highest BCUT2D eigenvalue weighted by molar-refractivity contribution is 5.23. The normalized spacial score (nSPS) is 10.8. The Bertz CT molecular complexity index is 345. The van der Waals surface area contributed by atoms with Gasteiger partial charge in [0.15, 0.2) is 0 Å². The van der Waals surface area contributed by atoms with E-state index < -0.39 is 0 Å². The first-order valence-electron chi connectivity index (χ1n) is 6.40. The lowest BCUT2D eigenvalue weighted by Gasteiger charge is -2.07. The maximum atomic E-state index is 13.5. The SMILES string of the molecule is CCCCOCCOCc1ccc(CN)cc1F. The van der Waals surface area contributed by atoms with Gasteiger partial charge in [0.2, 0.25) is 0 Å². The summed E-state index contributed by atoms with van der Waals surface area (Å²) in [6.45, 7) is 4.55. The first kappa shape index (κ1) is 15.1. The van der Waals surface area contributed by atoms with Crippen LogP contribution in [0.5, 0.6) is 0 Å². The molecule has 0 amide bonds. The van der Waals surface area contributed by atoms with Gasteiger partial charge in [0.1, 0.15) is 5.82 Å². The van der Waals surface area contributed by atoms with Crippen LogP contribution in [0, 0.1) is 5.82 Å². The van der Waals surface area contributed by atoms with E-state index in [4.69, 9.17) is 15.2 Å². The van der Waals surface area contributed by atoms with Gasteiger partial charge >= 0.3 is 0 Å². The van der Waals surface area contributed by atoms with Crippen molar-refractivity contribution in [2.24, 2.45) is 5.73 Å². The number of halogens is 1. The minimum absolute atomic E-state index is 0.259. The van der Waals surface area contributed by atoms with Crippen LogP contribution in [0.25, 0.3) is 0 Å². The van der Waals surface area contributed by atoms with E-state index in [2.05, 4.69) is 6.92 Å². The third kappa shape index (κ3) is 5.58. The molecule has 0 aliphatic rings. The highest BCUT2D eigenvalue weighted by Crippen LogP contribution is 2.11. The van der Waals surface area contributed by atoms with Gasteiger partial charge in [-0.2, -0.15) is 0 Å². The topological polar surface area (TPSA) is 44.5 Å². The van der Waals surface area contributed by atoms with Gasteiger partial charge in [-0.3, -0.25) is 0 Å². The lowest BCUT2D eigenvalue weighted by Crippen LogP contribution is -2.06. The van der Waals surface area contributed by atoms with E-state index in [0.29, 0.717) is 25.3 Å². The fraction of sp³-hybridized carbons (Fsp3) is 0.571. The van der Waals surface area contributed by atoms with E-state index >= 15 is 0 Å². The largest absolute Gasteiger partial charge is 0.379 e. The van der Waals surface area contributed by atoms with Crippen LogP contribution in [0.15, 0.2) is 18.2 Å². The van der Waals surface area contributed by atoms with Crippen LogP contribution in [-0.2, 0) is 22.6 Å². The zero-order chi connectivity index (χ0) is 13.2. The second-order valence-corrected chi connectivity index (χ2v) is 4.15. The maximum absolute atomic E-state index is 13.5. The van der Waals surface area contributed by atoms with Crippen LogP contribution < -0.4 is 5.73 Å². The molecule has 0 saturated heterocycles. The molecule has 1 aromatic rings. The quantitative estimate of drug-likeness (QED) is 0.690. The molecule has 2 N–H and O–H groups in total. The van der Waals surface area contributed by atoms with E-state index in [1.165, 1.54) is 6.07 Å². The maximum Gasteiger partial charge on any atom is 0.129 e. The molecule has 0 saturated carbocycles.